The minimum absolute atomic E-state index is 0.0795. The van der Waals surface area contributed by atoms with Crippen LogP contribution in [0.25, 0.3) is 0 Å². The van der Waals surface area contributed by atoms with E-state index in [0.717, 1.165) is 76.0 Å². The molecule has 0 aliphatic rings. The molecule has 5 heteroatoms. The second-order valence-corrected chi connectivity index (χ2v) is 6.91. The van der Waals surface area contributed by atoms with E-state index in [0.29, 0.717) is 0 Å². The Morgan fingerprint density at radius 2 is 1.30 bits per heavy atom. The largest absolute Gasteiger partial charge is 0.515 e. The summed E-state index contributed by atoms with van der Waals surface area (Å²) in [4.78, 5) is 0. The molecule has 0 unspecified atom stereocenters. The predicted octanol–water partition coefficient (Wildman–Crippen LogP) is 7.42. The van der Waals surface area contributed by atoms with E-state index in [1.54, 1.807) is 6.08 Å². The van der Waals surface area contributed by atoms with Gasteiger partial charge in [0.25, 0.3) is 0 Å². The van der Waals surface area contributed by atoms with Crippen LogP contribution in [0.5, 0.6) is 0 Å². The van der Waals surface area contributed by atoms with Crippen molar-refractivity contribution in [3.05, 3.63) is 35.8 Å². The van der Waals surface area contributed by atoms with Crippen molar-refractivity contribution in [2.75, 3.05) is 6.61 Å². The number of aliphatic hydroxyl groups is 3. The second kappa shape index (κ2) is 39.8. The van der Waals surface area contributed by atoms with E-state index >= 15 is 0 Å². The molecule has 5 N–H and O–H groups in total. The van der Waals surface area contributed by atoms with Crippen LogP contribution < -0.4 is 0 Å². The maximum absolute atomic E-state index is 9.43. The van der Waals surface area contributed by atoms with Gasteiger partial charge in [-0.25, -0.2) is 0 Å². The Kier molecular flexibility index (Phi) is 45.5. The first-order valence-electron chi connectivity index (χ1n) is 11.6. The van der Waals surface area contributed by atoms with Crippen molar-refractivity contribution in [2.24, 2.45) is 0 Å². The maximum Gasteiger partial charge on any atom is 0.118 e. The summed E-state index contributed by atoms with van der Waals surface area (Å²) in [5.41, 5.74) is 1.10. The first kappa shape index (κ1) is 37.7. The molecule has 0 radical (unpaired) electrons. The molecule has 0 bridgehead atoms. The molecule has 0 aromatic rings. The van der Waals surface area contributed by atoms with Gasteiger partial charge < -0.3 is 15.3 Å². The highest BCUT2D eigenvalue weighted by atomic mass is 17.0. The van der Waals surface area contributed by atoms with Crippen molar-refractivity contribution < 1.29 is 25.8 Å². The van der Waals surface area contributed by atoms with Crippen molar-refractivity contribution in [1.29, 1.82) is 0 Å². The van der Waals surface area contributed by atoms with E-state index < -0.39 is 0 Å². The number of hydrogen-bond donors (Lipinski definition) is 5. The van der Waals surface area contributed by atoms with Crippen LogP contribution in [0, 0.1) is 37.0 Å². The van der Waals surface area contributed by atoms with E-state index in [9.17, 15) is 5.11 Å². The van der Waals surface area contributed by atoms with Crippen LogP contribution in [0.1, 0.15) is 97.3 Å². The fraction of sp³-hybridized carbons (Fsp3) is 0.571. The van der Waals surface area contributed by atoms with E-state index in [1.807, 2.05) is 0 Å². The maximum atomic E-state index is 9.43. The second-order valence-electron chi connectivity index (χ2n) is 6.91. The summed E-state index contributed by atoms with van der Waals surface area (Å²) >= 11 is 0. The molecular formula is C28H46O5. The number of terminal acetylenes is 3. The van der Waals surface area contributed by atoms with Gasteiger partial charge in [0.2, 0.25) is 0 Å². The third-order valence-electron chi connectivity index (χ3n) is 3.95. The van der Waals surface area contributed by atoms with Gasteiger partial charge in [-0.2, -0.15) is 0 Å². The molecule has 0 saturated heterocycles. The van der Waals surface area contributed by atoms with E-state index in [-0.39, 0.29) is 12.4 Å². The molecule has 0 atom stereocenters. The summed E-state index contributed by atoms with van der Waals surface area (Å²) in [7, 11) is 0. The summed E-state index contributed by atoms with van der Waals surface area (Å²) < 4.78 is 0. The van der Waals surface area contributed by atoms with Gasteiger partial charge in [-0.3, -0.25) is 10.5 Å². The third kappa shape index (κ3) is 44.0. The number of unbranched alkanes of at least 4 members (excludes halogenated alkanes) is 8. The van der Waals surface area contributed by atoms with Crippen molar-refractivity contribution in [3.63, 3.8) is 0 Å². The lowest BCUT2D eigenvalue weighted by Gasteiger charge is -2.01. The number of allylic oxidation sites excluding steroid dienone is 4. The van der Waals surface area contributed by atoms with Gasteiger partial charge in [-0.15, -0.1) is 37.0 Å². The minimum atomic E-state index is 0.0795. The standard InChI is InChI=1S/C15H22O2.C7H12.C6H10O.H2O2/c1-3-5-6-7-8-10-14(9-4-2)13-15(17)11-12-16;1-3-5-7-6-4-2;1-2-3-4-5-6-7;1-2/h1,10-13,16-17H,4-9H2,2H3;1H,4-7H2,2H3;1,7H,3-6H2;1-2H/b12-11+,14-10-,15-13+;;;. The normalized spacial score (nSPS) is 10.2. The molecule has 5 nitrogen and oxygen atoms in total. The molecule has 33 heavy (non-hydrogen) atoms. The lowest BCUT2D eigenvalue weighted by Crippen LogP contribution is -1.83. The summed E-state index contributed by atoms with van der Waals surface area (Å²) in [5.74, 6) is 7.79. The van der Waals surface area contributed by atoms with Crippen LogP contribution in [-0.4, -0.2) is 32.4 Å². The molecule has 0 aliphatic heterocycles. The van der Waals surface area contributed by atoms with Gasteiger partial charge in [0.1, 0.15) is 5.76 Å². The molecule has 0 aromatic carbocycles. The van der Waals surface area contributed by atoms with Gasteiger partial charge >= 0.3 is 0 Å². The summed E-state index contributed by atoms with van der Waals surface area (Å²) in [5, 5.41) is 38.2. The monoisotopic (exact) mass is 462 g/mol. The molecule has 0 aromatic heterocycles. The van der Waals surface area contributed by atoms with Crippen LogP contribution in [-0.2, 0) is 0 Å². The highest BCUT2D eigenvalue weighted by molar-refractivity contribution is 5.25. The van der Waals surface area contributed by atoms with Gasteiger partial charge in [0, 0.05) is 31.9 Å². The SMILES string of the molecule is C#CCCCCC.C#CCCCCO.C#CCCCC\C=C(/C=C(O)\C=C\O)CCC.OO. The molecule has 188 valence electrons. The molecular weight excluding hydrogens is 416 g/mol. The highest BCUT2D eigenvalue weighted by Gasteiger charge is 1.95. The minimum Gasteiger partial charge on any atom is -0.515 e. The van der Waals surface area contributed by atoms with Crippen LogP contribution in [0.2, 0.25) is 0 Å². The molecule has 0 amide bonds. The number of rotatable bonds is 14. The van der Waals surface area contributed by atoms with Crippen LogP contribution in [0.15, 0.2) is 35.8 Å². The lowest BCUT2D eigenvalue weighted by atomic mass is 10.1. The zero-order valence-corrected chi connectivity index (χ0v) is 20.7. The topological polar surface area (TPSA) is 101 Å². The van der Waals surface area contributed by atoms with Crippen molar-refractivity contribution in [3.8, 4) is 37.0 Å². The van der Waals surface area contributed by atoms with Crippen LogP contribution in [0.4, 0.5) is 0 Å². The molecule has 0 saturated carbocycles. The lowest BCUT2D eigenvalue weighted by molar-refractivity contribution is -0.176. The molecule has 0 spiro atoms. The summed E-state index contributed by atoms with van der Waals surface area (Å²) in [6, 6.07) is 0. The highest BCUT2D eigenvalue weighted by Crippen LogP contribution is 2.12. The van der Waals surface area contributed by atoms with E-state index in [2.05, 4.69) is 37.7 Å². The summed E-state index contributed by atoms with van der Waals surface area (Å²) in [6.45, 7) is 4.54. The molecule has 0 rings (SSSR count). The van der Waals surface area contributed by atoms with Crippen LogP contribution >= 0.6 is 0 Å². The van der Waals surface area contributed by atoms with E-state index in [1.165, 1.54) is 25.3 Å². The average Bonchev–Trinajstić information content (AvgIpc) is 2.82. The summed E-state index contributed by atoms with van der Waals surface area (Å²) in [6.07, 6.45) is 34.2. The van der Waals surface area contributed by atoms with Gasteiger partial charge in [-0.1, -0.05) is 39.2 Å². The van der Waals surface area contributed by atoms with Crippen LogP contribution in [0.3, 0.4) is 0 Å². The van der Waals surface area contributed by atoms with Gasteiger partial charge in [0.15, 0.2) is 0 Å². The first-order valence-corrected chi connectivity index (χ1v) is 11.6. The Morgan fingerprint density at radius 1 is 0.788 bits per heavy atom. The smallest absolute Gasteiger partial charge is 0.118 e. The Hall–Kier alpha value is -2.62. The zero-order chi connectivity index (χ0) is 26.0. The fourth-order valence-corrected chi connectivity index (χ4v) is 2.31. The first-order chi connectivity index (χ1) is 16.1. The van der Waals surface area contributed by atoms with Gasteiger partial charge in [0.05, 0.1) is 6.26 Å². The van der Waals surface area contributed by atoms with Crippen molar-refractivity contribution >= 4 is 0 Å². The van der Waals surface area contributed by atoms with Crippen molar-refractivity contribution in [1.82, 2.24) is 0 Å². The fourth-order valence-electron chi connectivity index (χ4n) is 2.31. The third-order valence-corrected chi connectivity index (χ3v) is 3.95. The quantitative estimate of drug-likeness (QED) is 0.0462. The average molecular weight is 463 g/mol. The van der Waals surface area contributed by atoms with Crippen molar-refractivity contribution in [2.45, 2.75) is 97.3 Å². The Labute approximate surface area is 202 Å². The molecule has 0 aliphatic carbocycles. The Morgan fingerprint density at radius 3 is 1.73 bits per heavy atom. The Bertz CT molecular complexity index is 563. The zero-order valence-electron chi connectivity index (χ0n) is 20.7. The molecule has 0 fully saturated rings. The van der Waals surface area contributed by atoms with E-state index in [4.69, 9.17) is 40.0 Å². The Balaban J connectivity index is -0.000000217. The number of aliphatic hydroxyl groups excluding tert-OH is 3. The predicted molar refractivity (Wildman–Crippen MR) is 141 cm³/mol. The molecule has 0 heterocycles. The van der Waals surface area contributed by atoms with Gasteiger partial charge in [-0.05, 0) is 56.6 Å². The number of hydrogen-bond acceptors (Lipinski definition) is 5.